The van der Waals surface area contributed by atoms with Crippen molar-refractivity contribution >= 4 is 17.6 Å². The minimum Gasteiger partial charge on any atom is -0.391 e. The average Bonchev–Trinajstić information content (AvgIpc) is 3.31. The second-order valence-corrected chi connectivity index (χ2v) is 8.00. The summed E-state index contributed by atoms with van der Waals surface area (Å²) in [6.07, 6.45) is -0.570. The van der Waals surface area contributed by atoms with Gasteiger partial charge < -0.3 is 19.8 Å². The Bertz CT molecular complexity index is 919. The number of carbonyl (C=O) groups excluding carboxylic acids is 3. The fraction of sp³-hybridized carbons (Fsp3) is 0.455. The summed E-state index contributed by atoms with van der Waals surface area (Å²) in [5.41, 5.74) is 2.16. The quantitative estimate of drug-likeness (QED) is 0.668. The molecule has 30 heavy (non-hydrogen) atoms. The molecular formula is C22H27N3O5. The Hall–Kier alpha value is -3.00. The first-order valence-electron chi connectivity index (χ1n) is 10.0. The number of aromatic nitrogens is 1. The monoisotopic (exact) mass is 413 g/mol. The first-order valence-corrected chi connectivity index (χ1v) is 10.0. The number of ketones is 1. The highest BCUT2D eigenvalue weighted by atomic mass is 16.5. The molecule has 8 heteroatoms. The summed E-state index contributed by atoms with van der Waals surface area (Å²) in [4.78, 5) is 38.7. The zero-order valence-corrected chi connectivity index (χ0v) is 17.4. The molecule has 1 aromatic heterocycles. The zero-order chi connectivity index (χ0) is 21.8. The van der Waals surface area contributed by atoms with Crippen molar-refractivity contribution in [3.63, 3.8) is 0 Å². The van der Waals surface area contributed by atoms with Crippen LogP contribution in [-0.2, 0) is 22.6 Å². The Labute approximate surface area is 175 Å². The van der Waals surface area contributed by atoms with Gasteiger partial charge in [-0.3, -0.25) is 14.4 Å². The van der Waals surface area contributed by atoms with Crippen molar-refractivity contribution < 1.29 is 24.0 Å². The van der Waals surface area contributed by atoms with Crippen LogP contribution in [-0.4, -0.2) is 51.5 Å². The predicted octanol–water partition coefficient (Wildman–Crippen LogP) is 1.64. The number of β-amino-alcohol motifs (C(OH)–C–C–N with tert-alkyl or cyclic N) is 1. The summed E-state index contributed by atoms with van der Waals surface area (Å²) in [5.74, 6) is -0.195. The van der Waals surface area contributed by atoms with E-state index in [4.69, 9.17) is 4.52 Å². The van der Waals surface area contributed by atoms with Gasteiger partial charge in [0.2, 0.25) is 11.8 Å². The Morgan fingerprint density at radius 2 is 1.97 bits per heavy atom. The lowest BCUT2D eigenvalue weighted by molar-refractivity contribution is -0.138. The first-order chi connectivity index (χ1) is 14.2. The van der Waals surface area contributed by atoms with Crippen molar-refractivity contribution in [3.05, 3.63) is 52.9 Å². The van der Waals surface area contributed by atoms with Gasteiger partial charge in [0.15, 0.2) is 5.78 Å². The summed E-state index contributed by atoms with van der Waals surface area (Å²) in [5, 5.41) is 16.6. The summed E-state index contributed by atoms with van der Waals surface area (Å²) < 4.78 is 5.08. The molecule has 1 saturated heterocycles. The Balaban J connectivity index is 1.59. The van der Waals surface area contributed by atoms with E-state index in [0.717, 1.165) is 5.56 Å². The van der Waals surface area contributed by atoms with E-state index in [9.17, 15) is 19.5 Å². The maximum absolute atomic E-state index is 12.7. The number of aliphatic hydroxyl groups is 1. The largest absolute Gasteiger partial charge is 0.391 e. The van der Waals surface area contributed by atoms with Gasteiger partial charge in [0, 0.05) is 37.1 Å². The van der Waals surface area contributed by atoms with Crippen LogP contribution >= 0.6 is 0 Å². The van der Waals surface area contributed by atoms with Crippen molar-refractivity contribution in [1.29, 1.82) is 0 Å². The van der Waals surface area contributed by atoms with Crippen LogP contribution in [0.4, 0.5) is 0 Å². The van der Waals surface area contributed by atoms with Crippen molar-refractivity contribution in [1.82, 2.24) is 15.4 Å². The molecule has 0 bridgehead atoms. The van der Waals surface area contributed by atoms with E-state index in [1.54, 1.807) is 37.3 Å². The predicted molar refractivity (Wildman–Crippen MR) is 109 cm³/mol. The van der Waals surface area contributed by atoms with Crippen LogP contribution in [0.25, 0.3) is 0 Å². The van der Waals surface area contributed by atoms with E-state index in [0.29, 0.717) is 17.0 Å². The lowest BCUT2D eigenvalue weighted by Crippen LogP contribution is -2.46. The highest BCUT2D eigenvalue weighted by Gasteiger charge is 2.38. The molecule has 0 spiro atoms. The Morgan fingerprint density at radius 3 is 2.57 bits per heavy atom. The number of hydrogen-bond donors (Lipinski definition) is 2. The third-order valence-electron chi connectivity index (χ3n) is 5.13. The zero-order valence-electron chi connectivity index (χ0n) is 17.4. The molecule has 3 rings (SSSR count). The van der Waals surface area contributed by atoms with Gasteiger partial charge in [-0.05, 0) is 12.5 Å². The minimum absolute atomic E-state index is 0.0112. The number of carbonyl (C=O) groups is 3. The van der Waals surface area contributed by atoms with E-state index < -0.39 is 12.1 Å². The number of benzene rings is 1. The van der Waals surface area contributed by atoms with E-state index in [1.807, 2.05) is 13.8 Å². The molecule has 1 aliphatic heterocycles. The molecule has 2 aromatic rings. The van der Waals surface area contributed by atoms with Crippen LogP contribution in [0.3, 0.4) is 0 Å². The highest BCUT2D eigenvalue weighted by molar-refractivity contribution is 5.97. The molecule has 2 amide bonds. The number of Topliss-reactive ketones (excluding diaryl/α,β-unsaturated/α-hetero) is 1. The van der Waals surface area contributed by atoms with E-state index >= 15 is 0 Å². The van der Waals surface area contributed by atoms with Crippen molar-refractivity contribution in [3.8, 4) is 0 Å². The van der Waals surface area contributed by atoms with Crippen LogP contribution in [0.15, 0.2) is 34.9 Å². The van der Waals surface area contributed by atoms with Crippen LogP contribution in [0.1, 0.15) is 47.6 Å². The molecule has 8 nitrogen and oxygen atoms in total. The number of nitrogens with one attached hydrogen (secondary N) is 1. The second kappa shape index (κ2) is 9.21. The van der Waals surface area contributed by atoms with Crippen LogP contribution in [0, 0.1) is 12.8 Å². The number of hydrogen-bond acceptors (Lipinski definition) is 6. The minimum atomic E-state index is -0.748. The average molecular weight is 413 g/mol. The number of aliphatic hydroxyl groups excluding tert-OH is 1. The maximum Gasteiger partial charge on any atom is 0.243 e. The molecule has 1 fully saturated rings. The number of amides is 2. The smallest absolute Gasteiger partial charge is 0.243 e. The van der Waals surface area contributed by atoms with Crippen LogP contribution in [0.5, 0.6) is 0 Å². The molecule has 0 radical (unpaired) electrons. The second-order valence-electron chi connectivity index (χ2n) is 8.00. The molecule has 0 unspecified atom stereocenters. The SMILES string of the molecule is Cc1cc(CC(=O)N2C[C@H](O)C[C@H]2C(=O)NCc2ccc(C(=O)C(C)C)cc2)on1. The number of likely N-dealkylation sites (tertiary alicyclic amines) is 1. The molecule has 160 valence electrons. The van der Waals surface area contributed by atoms with Crippen molar-refractivity contribution in [2.24, 2.45) is 5.92 Å². The van der Waals surface area contributed by atoms with Crippen molar-refractivity contribution in [2.75, 3.05) is 6.54 Å². The Kier molecular flexibility index (Phi) is 6.66. The van der Waals surface area contributed by atoms with Gasteiger partial charge in [-0.2, -0.15) is 0 Å². The van der Waals surface area contributed by atoms with Crippen molar-refractivity contribution in [2.45, 2.75) is 52.3 Å². The van der Waals surface area contributed by atoms with Gasteiger partial charge in [0.25, 0.3) is 0 Å². The van der Waals surface area contributed by atoms with Gasteiger partial charge in [-0.1, -0.05) is 43.3 Å². The standard InChI is InChI=1S/C22H27N3O5/c1-13(2)21(28)16-6-4-15(5-7-16)11-23-22(29)19-9-17(26)12-25(19)20(27)10-18-8-14(3)24-30-18/h4-8,13,17,19,26H,9-12H2,1-3H3,(H,23,29)/t17-,19+/m1/s1. The van der Waals surface area contributed by atoms with Gasteiger partial charge >= 0.3 is 0 Å². The third kappa shape index (κ3) is 5.13. The van der Waals surface area contributed by atoms with E-state index in [2.05, 4.69) is 10.5 Å². The molecular weight excluding hydrogens is 386 g/mol. The summed E-state index contributed by atoms with van der Waals surface area (Å²) in [6, 6.07) is 8.03. The molecule has 1 aliphatic rings. The normalized spacial score (nSPS) is 18.6. The topological polar surface area (TPSA) is 113 Å². The highest BCUT2D eigenvalue weighted by Crippen LogP contribution is 2.20. The summed E-state index contributed by atoms with van der Waals surface area (Å²) >= 11 is 0. The van der Waals surface area contributed by atoms with E-state index in [1.165, 1.54) is 4.90 Å². The molecule has 1 aromatic carbocycles. The number of rotatable bonds is 7. The first kappa shape index (κ1) is 21.7. The fourth-order valence-corrected chi connectivity index (χ4v) is 3.52. The molecule has 0 saturated carbocycles. The van der Waals surface area contributed by atoms with Gasteiger partial charge in [0.1, 0.15) is 11.8 Å². The number of nitrogens with zero attached hydrogens (tertiary/aromatic N) is 2. The third-order valence-corrected chi connectivity index (χ3v) is 5.13. The maximum atomic E-state index is 12.7. The summed E-state index contributed by atoms with van der Waals surface area (Å²) in [6.45, 7) is 5.84. The molecule has 2 heterocycles. The van der Waals surface area contributed by atoms with Gasteiger partial charge in [-0.15, -0.1) is 0 Å². The van der Waals surface area contributed by atoms with Crippen LogP contribution < -0.4 is 5.32 Å². The van der Waals surface area contributed by atoms with E-state index in [-0.39, 0.29) is 49.4 Å². The number of aryl methyl sites for hydroxylation is 1. The van der Waals surface area contributed by atoms with Crippen LogP contribution in [0.2, 0.25) is 0 Å². The molecule has 0 aliphatic carbocycles. The molecule has 2 N–H and O–H groups in total. The summed E-state index contributed by atoms with van der Waals surface area (Å²) in [7, 11) is 0. The van der Waals surface area contributed by atoms with Gasteiger partial charge in [0.05, 0.1) is 18.2 Å². The van der Waals surface area contributed by atoms with Gasteiger partial charge in [-0.25, -0.2) is 0 Å². The lowest BCUT2D eigenvalue weighted by atomic mass is 10.00. The Morgan fingerprint density at radius 1 is 1.27 bits per heavy atom. The molecule has 2 atom stereocenters. The fourth-order valence-electron chi connectivity index (χ4n) is 3.52. The lowest BCUT2D eigenvalue weighted by Gasteiger charge is -2.23.